The van der Waals surface area contributed by atoms with Crippen LogP contribution in [0.3, 0.4) is 0 Å². The molecule has 6 rings (SSSR count). The van der Waals surface area contributed by atoms with Crippen molar-refractivity contribution < 1.29 is 36.8 Å². The smallest absolute Gasteiger partial charge is 0.870 e. The molecule has 17 heteroatoms. The predicted octanol–water partition coefficient (Wildman–Crippen LogP) is 9.01. The summed E-state index contributed by atoms with van der Waals surface area (Å²) in [6.07, 6.45) is 2.73. The Kier molecular flexibility index (Phi) is 18.1. The first kappa shape index (κ1) is 44.7. The summed E-state index contributed by atoms with van der Waals surface area (Å²) < 4.78 is 10.3. The summed E-state index contributed by atoms with van der Waals surface area (Å²) in [7, 11) is 2.85. The van der Waals surface area contributed by atoms with Gasteiger partial charge in [0.05, 0.1) is 49.4 Å². The predicted molar refractivity (Wildman–Crippen MR) is 233 cm³/mol. The van der Waals surface area contributed by atoms with E-state index in [2.05, 4.69) is 52.1 Å². The fraction of sp³-hybridized carbons (Fsp3) is 0.0476. The van der Waals surface area contributed by atoms with Crippen LogP contribution in [0.4, 0.5) is 34.1 Å². The van der Waals surface area contributed by atoms with E-state index >= 15 is 0 Å². The van der Waals surface area contributed by atoms with Crippen molar-refractivity contribution in [3.05, 3.63) is 157 Å². The van der Waals surface area contributed by atoms with Crippen LogP contribution in [0.25, 0.3) is 0 Å². The number of hydrogen-bond acceptors (Lipinski definition) is 12. The minimum absolute atomic E-state index is 0. The first-order valence-electron chi connectivity index (χ1n) is 17.3. The Bertz CT molecular complexity index is 2220. The molecule has 0 amide bonds. The summed E-state index contributed by atoms with van der Waals surface area (Å²) in [5.74, 6) is -0.306. The second-order valence-electron chi connectivity index (χ2n) is 11.6. The molecule has 0 saturated heterocycles. The molecule has 4 N–H and O–H groups in total. The average molecular weight is 872 g/mol. The summed E-state index contributed by atoms with van der Waals surface area (Å²) in [5, 5.41) is 56.1. The van der Waals surface area contributed by atoms with E-state index in [-0.39, 0.29) is 40.1 Å². The van der Waals surface area contributed by atoms with Crippen molar-refractivity contribution >= 4 is 81.2 Å². The summed E-state index contributed by atoms with van der Waals surface area (Å²) in [6, 6.07) is 43.7. The minimum Gasteiger partial charge on any atom is -0.870 e. The first-order valence-corrected chi connectivity index (χ1v) is 18.1. The molecule has 0 heterocycles. The average Bonchev–Trinajstić information content (AvgIpc) is 3.25. The van der Waals surface area contributed by atoms with Gasteiger partial charge in [-0.25, -0.2) is 0 Å². The molecule has 0 spiro atoms. The van der Waals surface area contributed by atoms with Gasteiger partial charge in [0.25, 0.3) is 0 Å². The van der Waals surface area contributed by atoms with Gasteiger partial charge in [-0.3, -0.25) is 10.9 Å². The number of anilines is 2. The third-order valence-corrected chi connectivity index (χ3v) is 7.84. The molecule has 0 aliphatic carbocycles. The zero-order valence-corrected chi connectivity index (χ0v) is 34.0. The molecule has 0 bridgehead atoms. The number of ether oxygens (including phenoxy) is 2. The molecule has 0 aliphatic heterocycles. The van der Waals surface area contributed by atoms with E-state index in [4.69, 9.17) is 33.9 Å². The Labute approximate surface area is 362 Å². The van der Waals surface area contributed by atoms with Crippen LogP contribution in [0.1, 0.15) is 11.1 Å². The molecule has 14 nitrogen and oxygen atoms in total. The van der Waals surface area contributed by atoms with Crippen molar-refractivity contribution in [2.45, 2.75) is 0 Å². The van der Waals surface area contributed by atoms with Gasteiger partial charge in [-0.05, 0) is 96.2 Å². The van der Waals surface area contributed by atoms with E-state index in [1.165, 1.54) is 38.8 Å². The number of nitrogens with one attached hydrogen (secondary N) is 4. The summed E-state index contributed by atoms with van der Waals surface area (Å²) in [4.78, 5) is 0. The van der Waals surface area contributed by atoms with E-state index in [1.54, 1.807) is 12.1 Å². The zero-order valence-electron chi connectivity index (χ0n) is 31.4. The number of benzene rings is 6. The van der Waals surface area contributed by atoms with Crippen LogP contribution in [0.15, 0.2) is 176 Å². The minimum atomic E-state index is -0.307. The number of azo groups is 2. The number of rotatable bonds is 12. The number of hydrazone groups is 2. The van der Waals surface area contributed by atoms with Gasteiger partial charge in [-0.15, -0.1) is 0 Å². The number of thiocarbonyl (C=S) groups is 2. The van der Waals surface area contributed by atoms with Crippen LogP contribution in [-0.2, 0) is 17.1 Å². The van der Waals surface area contributed by atoms with Gasteiger partial charge in [0, 0.05) is 23.5 Å². The molecule has 0 unspecified atom stereocenters. The number of methoxy groups -OCH3 is 2. The monoisotopic (exact) mass is 871 g/mol. The standard InChI is InChI=1S/2C21H19N5O2S.Cu/c2*1-28-19-13-18(25-24-17-10-6-3-7-11-17)12-15(20(19)27)14-22-26-21(29)23-16-8-4-2-5-9-16;/h2*2-14,27H,1H3,(H2,23,26,29);/q;;+2/p-2/b2*22-14+,25-24?;. The molecule has 1 radical (unpaired) electrons. The van der Waals surface area contributed by atoms with Crippen molar-refractivity contribution in [3.63, 3.8) is 0 Å². The normalized spacial score (nSPS) is 10.7. The van der Waals surface area contributed by atoms with E-state index in [1.807, 2.05) is 121 Å². The van der Waals surface area contributed by atoms with Crippen molar-refractivity contribution in [3.8, 4) is 23.0 Å². The molecule has 59 heavy (non-hydrogen) atoms. The third kappa shape index (κ3) is 14.8. The Hall–Kier alpha value is -7.04. The summed E-state index contributed by atoms with van der Waals surface area (Å²) in [6.45, 7) is 0. The van der Waals surface area contributed by atoms with Crippen LogP contribution in [0, 0.1) is 0 Å². The van der Waals surface area contributed by atoms with E-state index < -0.39 is 0 Å². The van der Waals surface area contributed by atoms with Gasteiger partial charge < -0.3 is 30.3 Å². The van der Waals surface area contributed by atoms with E-state index in [0.29, 0.717) is 44.1 Å². The van der Waals surface area contributed by atoms with Gasteiger partial charge in [-0.2, -0.15) is 30.7 Å². The molecule has 0 fully saturated rings. The van der Waals surface area contributed by atoms with Crippen LogP contribution in [0.5, 0.6) is 23.0 Å². The summed E-state index contributed by atoms with van der Waals surface area (Å²) >= 11 is 10.4. The van der Waals surface area contributed by atoms with Gasteiger partial charge >= 0.3 is 17.1 Å². The third-order valence-electron chi connectivity index (χ3n) is 7.45. The van der Waals surface area contributed by atoms with E-state index in [0.717, 1.165) is 11.4 Å². The molecule has 0 aliphatic rings. The first-order chi connectivity index (χ1) is 28.3. The molecular weight excluding hydrogens is 836 g/mol. The fourth-order valence-corrected chi connectivity index (χ4v) is 5.07. The van der Waals surface area contributed by atoms with E-state index in [9.17, 15) is 10.2 Å². The molecule has 301 valence electrons. The van der Waals surface area contributed by atoms with Crippen molar-refractivity contribution in [1.29, 1.82) is 0 Å². The van der Waals surface area contributed by atoms with Gasteiger partial charge in [-0.1, -0.05) is 84.3 Å². The van der Waals surface area contributed by atoms with Crippen molar-refractivity contribution in [1.82, 2.24) is 10.9 Å². The SMILES string of the molecule is COc1cc(N=Nc2ccccc2)cc(/C=N/NC(=S)Nc2ccccc2)c1[O-].COc1cc(N=Nc2ccccc2)cc(/C=N/NC(=S)Nc2ccccc2)c1[O-].[Cu+2]. The quantitative estimate of drug-likeness (QED) is 0.0304. The van der Waals surface area contributed by atoms with Gasteiger partial charge in [0.2, 0.25) is 0 Å². The molecular formula is C42H36CuN10O4S2. The van der Waals surface area contributed by atoms with Crippen molar-refractivity contribution in [2.24, 2.45) is 30.7 Å². The second-order valence-corrected chi connectivity index (χ2v) is 12.4. The van der Waals surface area contributed by atoms with Crippen LogP contribution < -0.4 is 41.2 Å². The zero-order chi connectivity index (χ0) is 41.0. The maximum absolute atomic E-state index is 12.4. The molecule has 0 aromatic heterocycles. The maximum atomic E-state index is 12.4. The van der Waals surface area contributed by atoms with Crippen molar-refractivity contribution in [2.75, 3.05) is 24.9 Å². The molecule has 6 aromatic rings. The van der Waals surface area contributed by atoms with Gasteiger partial charge in [0.15, 0.2) is 10.2 Å². The largest absolute Gasteiger partial charge is 2.00 e. The Morgan fingerprint density at radius 2 is 0.814 bits per heavy atom. The number of para-hydroxylation sites is 2. The Morgan fingerprint density at radius 1 is 0.492 bits per heavy atom. The number of nitrogens with zero attached hydrogens (tertiary/aromatic N) is 6. The van der Waals surface area contributed by atoms with Crippen LogP contribution >= 0.6 is 24.4 Å². The van der Waals surface area contributed by atoms with Crippen LogP contribution in [-0.4, -0.2) is 36.9 Å². The molecule has 0 saturated carbocycles. The topological polar surface area (TPSA) is 187 Å². The number of hydrogen-bond donors (Lipinski definition) is 4. The Balaban J connectivity index is 0.000000256. The maximum Gasteiger partial charge on any atom is 2.00 e. The summed E-state index contributed by atoms with van der Waals surface area (Å²) in [5.41, 5.74) is 9.94. The fourth-order valence-electron chi connectivity index (χ4n) is 4.73. The second kappa shape index (κ2) is 23.9. The van der Waals surface area contributed by atoms with Crippen LogP contribution in [0.2, 0.25) is 0 Å². The molecule has 6 aromatic carbocycles. The van der Waals surface area contributed by atoms with Gasteiger partial charge in [0.1, 0.15) is 11.5 Å². The molecule has 0 atom stereocenters. The Morgan fingerprint density at radius 3 is 1.15 bits per heavy atom.